The quantitative estimate of drug-likeness (QED) is 0.767. The van der Waals surface area contributed by atoms with Crippen molar-refractivity contribution in [2.45, 2.75) is 45.1 Å². The van der Waals surface area contributed by atoms with Crippen LogP contribution in [0.2, 0.25) is 0 Å². The minimum atomic E-state index is 0.107. The topological polar surface area (TPSA) is 49.3 Å². The summed E-state index contributed by atoms with van der Waals surface area (Å²) < 4.78 is 1.14. The second kappa shape index (κ2) is 8.67. The van der Waals surface area contributed by atoms with Gasteiger partial charge in [0.1, 0.15) is 0 Å². The molecule has 0 fully saturated rings. The third kappa shape index (κ3) is 6.52. The molecule has 1 aromatic heterocycles. The van der Waals surface area contributed by atoms with Gasteiger partial charge in [-0.05, 0) is 60.7 Å². The Morgan fingerprint density at radius 2 is 2.28 bits per heavy atom. The van der Waals surface area contributed by atoms with E-state index in [1.54, 1.807) is 11.3 Å². The summed E-state index contributed by atoms with van der Waals surface area (Å²) in [7, 11) is 0. The van der Waals surface area contributed by atoms with Gasteiger partial charge in [-0.25, -0.2) is 0 Å². The van der Waals surface area contributed by atoms with Crippen LogP contribution in [0.5, 0.6) is 0 Å². The van der Waals surface area contributed by atoms with Crippen molar-refractivity contribution < 1.29 is 9.90 Å². The van der Waals surface area contributed by atoms with Gasteiger partial charge in [-0.15, -0.1) is 11.3 Å². The maximum atomic E-state index is 11.6. The Balaban J connectivity index is 2.13. The molecule has 0 aliphatic carbocycles. The Kier molecular flexibility index (Phi) is 7.54. The summed E-state index contributed by atoms with van der Waals surface area (Å²) in [5, 5.41) is 11.7. The summed E-state index contributed by atoms with van der Waals surface area (Å²) >= 11 is 5.15. The largest absolute Gasteiger partial charge is 0.396 e. The number of nitrogens with one attached hydrogen (secondary N) is 1. The van der Waals surface area contributed by atoms with Gasteiger partial charge in [0.15, 0.2) is 0 Å². The van der Waals surface area contributed by atoms with Crippen LogP contribution in [0, 0.1) is 0 Å². The second-order valence-corrected chi connectivity index (χ2v) is 6.94. The maximum Gasteiger partial charge on any atom is 0.220 e. The minimum Gasteiger partial charge on any atom is -0.396 e. The Labute approximate surface area is 121 Å². The van der Waals surface area contributed by atoms with E-state index in [1.807, 2.05) is 13.0 Å². The molecule has 102 valence electrons. The smallest absolute Gasteiger partial charge is 0.220 e. The Morgan fingerprint density at radius 1 is 1.50 bits per heavy atom. The zero-order chi connectivity index (χ0) is 13.4. The molecule has 3 nitrogen and oxygen atoms in total. The number of aliphatic hydroxyl groups is 1. The molecule has 0 aliphatic heterocycles. The first kappa shape index (κ1) is 15.7. The molecule has 0 saturated heterocycles. The number of thiophene rings is 1. The molecule has 0 aliphatic rings. The standard InChI is InChI=1S/C13H20BrNO2S/c1-10(4-3-9-16)15-13(17)6-2-5-11-7-8-12(14)18-11/h7-8,10,16H,2-6,9H2,1H3,(H,15,17). The lowest BCUT2D eigenvalue weighted by atomic mass is 10.1. The van der Waals surface area contributed by atoms with E-state index >= 15 is 0 Å². The molecule has 0 spiro atoms. The minimum absolute atomic E-state index is 0.107. The van der Waals surface area contributed by atoms with Gasteiger partial charge in [-0.1, -0.05) is 0 Å². The van der Waals surface area contributed by atoms with Crippen molar-refractivity contribution in [2.24, 2.45) is 0 Å². The van der Waals surface area contributed by atoms with E-state index < -0.39 is 0 Å². The number of carbonyl (C=O) groups is 1. The highest BCUT2D eigenvalue weighted by molar-refractivity contribution is 9.11. The third-order valence-corrected chi connectivity index (χ3v) is 4.34. The summed E-state index contributed by atoms with van der Waals surface area (Å²) in [4.78, 5) is 12.9. The van der Waals surface area contributed by atoms with Crippen LogP contribution in [0.4, 0.5) is 0 Å². The molecule has 0 aromatic carbocycles. The van der Waals surface area contributed by atoms with Gasteiger partial charge in [0, 0.05) is 23.9 Å². The zero-order valence-corrected chi connectivity index (χ0v) is 13.0. The van der Waals surface area contributed by atoms with E-state index in [1.165, 1.54) is 4.88 Å². The van der Waals surface area contributed by atoms with Gasteiger partial charge in [-0.2, -0.15) is 0 Å². The SMILES string of the molecule is CC(CCCO)NC(=O)CCCc1ccc(Br)s1. The Morgan fingerprint density at radius 3 is 2.89 bits per heavy atom. The summed E-state index contributed by atoms with van der Waals surface area (Å²) in [5.41, 5.74) is 0. The fraction of sp³-hybridized carbons (Fsp3) is 0.615. The van der Waals surface area contributed by atoms with Gasteiger partial charge < -0.3 is 10.4 Å². The highest BCUT2D eigenvalue weighted by Gasteiger charge is 2.07. The predicted molar refractivity (Wildman–Crippen MR) is 78.9 cm³/mol. The summed E-state index contributed by atoms with van der Waals surface area (Å²) in [5.74, 6) is 0.107. The molecule has 1 atom stereocenters. The number of aliphatic hydroxyl groups excluding tert-OH is 1. The van der Waals surface area contributed by atoms with Crippen LogP contribution in [-0.2, 0) is 11.2 Å². The molecule has 1 unspecified atom stereocenters. The number of hydrogen-bond donors (Lipinski definition) is 2. The average Bonchev–Trinajstić information content (AvgIpc) is 2.72. The van der Waals surface area contributed by atoms with E-state index in [0.717, 1.165) is 29.5 Å². The lowest BCUT2D eigenvalue weighted by Gasteiger charge is -2.12. The van der Waals surface area contributed by atoms with E-state index in [2.05, 4.69) is 27.3 Å². The Hall–Kier alpha value is -0.390. The number of hydrogen-bond acceptors (Lipinski definition) is 3. The van der Waals surface area contributed by atoms with Gasteiger partial charge in [-0.3, -0.25) is 4.79 Å². The van der Waals surface area contributed by atoms with Crippen molar-refractivity contribution in [1.29, 1.82) is 0 Å². The first-order valence-electron chi connectivity index (χ1n) is 6.26. The van der Waals surface area contributed by atoms with Crippen molar-refractivity contribution in [1.82, 2.24) is 5.32 Å². The van der Waals surface area contributed by atoms with Crippen LogP contribution in [0.3, 0.4) is 0 Å². The normalized spacial score (nSPS) is 12.4. The fourth-order valence-electron chi connectivity index (χ4n) is 1.73. The van der Waals surface area contributed by atoms with Gasteiger partial charge in [0.25, 0.3) is 0 Å². The van der Waals surface area contributed by atoms with Crippen molar-refractivity contribution in [2.75, 3.05) is 6.61 Å². The molecule has 1 heterocycles. The number of amides is 1. The summed E-state index contributed by atoms with van der Waals surface area (Å²) in [6.07, 6.45) is 3.98. The van der Waals surface area contributed by atoms with Crippen molar-refractivity contribution in [3.05, 3.63) is 20.8 Å². The van der Waals surface area contributed by atoms with Crippen LogP contribution in [0.1, 0.15) is 37.5 Å². The van der Waals surface area contributed by atoms with Crippen LogP contribution < -0.4 is 5.32 Å². The molecule has 0 saturated carbocycles. The molecule has 18 heavy (non-hydrogen) atoms. The second-order valence-electron chi connectivity index (χ2n) is 4.39. The van der Waals surface area contributed by atoms with Crippen molar-refractivity contribution in [3.8, 4) is 0 Å². The third-order valence-electron chi connectivity index (χ3n) is 2.66. The molecular weight excluding hydrogens is 314 g/mol. The van der Waals surface area contributed by atoms with E-state index in [9.17, 15) is 4.79 Å². The molecule has 2 N–H and O–H groups in total. The highest BCUT2D eigenvalue weighted by atomic mass is 79.9. The summed E-state index contributed by atoms with van der Waals surface area (Å²) in [6, 6.07) is 4.29. The molecule has 5 heteroatoms. The fourth-order valence-corrected chi connectivity index (χ4v) is 3.25. The molecule has 1 rings (SSSR count). The van der Waals surface area contributed by atoms with Gasteiger partial charge in [0.05, 0.1) is 3.79 Å². The molecule has 1 amide bonds. The van der Waals surface area contributed by atoms with Crippen molar-refractivity contribution in [3.63, 3.8) is 0 Å². The van der Waals surface area contributed by atoms with Crippen LogP contribution >= 0.6 is 27.3 Å². The lowest BCUT2D eigenvalue weighted by Crippen LogP contribution is -2.32. The van der Waals surface area contributed by atoms with E-state index in [4.69, 9.17) is 5.11 Å². The molecule has 0 radical (unpaired) electrons. The van der Waals surface area contributed by atoms with Crippen molar-refractivity contribution >= 4 is 33.2 Å². The predicted octanol–water partition coefficient (Wildman–Crippen LogP) is 3.11. The van der Waals surface area contributed by atoms with Gasteiger partial charge >= 0.3 is 0 Å². The van der Waals surface area contributed by atoms with E-state index in [-0.39, 0.29) is 18.6 Å². The number of rotatable bonds is 8. The van der Waals surface area contributed by atoms with Crippen LogP contribution in [0.25, 0.3) is 0 Å². The molecular formula is C13H20BrNO2S. The number of halogens is 1. The average molecular weight is 334 g/mol. The summed E-state index contributed by atoms with van der Waals surface area (Å²) in [6.45, 7) is 2.16. The Bertz CT molecular complexity index is 368. The highest BCUT2D eigenvalue weighted by Crippen LogP contribution is 2.23. The van der Waals surface area contributed by atoms with Crippen LogP contribution in [-0.4, -0.2) is 23.7 Å². The monoisotopic (exact) mass is 333 g/mol. The maximum absolute atomic E-state index is 11.6. The van der Waals surface area contributed by atoms with Crippen LogP contribution in [0.15, 0.2) is 15.9 Å². The number of aryl methyl sites for hydroxylation is 1. The molecule has 0 bridgehead atoms. The first-order valence-corrected chi connectivity index (χ1v) is 7.87. The van der Waals surface area contributed by atoms with E-state index in [0.29, 0.717) is 6.42 Å². The number of carbonyl (C=O) groups excluding carboxylic acids is 1. The first-order chi connectivity index (χ1) is 8.61. The zero-order valence-electron chi connectivity index (χ0n) is 10.6. The lowest BCUT2D eigenvalue weighted by molar-refractivity contribution is -0.121. The molecule has 1 aromatic rings. The van der Waals surface area contributed by atoms with Gasteiger partial charge in [0.2, 0.25) is 5.91 Å².